The zero-order valence-electron chi connectivity index (χ0n) is 17.0. The monoisotopic (exact) mass is 522 g/mol. The van der Waals surface area contributed by atoms with Crippen LogP contribution < -0.4 is 20.1 Å². The van der Waals surface area contributed by atoms with Gasteiger partial charge in [0.05, 0.1) is 11.6 Å². The molecule has 0 aliphatic rings. The van der Waals surface area contributed by atoms with Crippen molar-refractivity contribution in [1.82, 2.24) is 0 Å². The van der Waals surface area contributed by atoms with Gasteiger partial charge in [-0.2, -0.15) is 0 Å². The Balaban J connectivity index is 1.64. The van der Waals surface area contributed by atoms with Crippen molar-refractivity contribution in [1.29, 1.82) is 0 Å². The quantitative estimate of drug-likeness (QED) is 0.344. The number of carbonyl (C=O) groups is 1. The number of hydrogen-bond acceptors (Lipinski definition) is 4. The zero-order valence-corrected chi connectivity index (χ0v) is 20.1. The Labute approximate surface area is 199 Å². The minimum atomic E-state index is -0.263. The Bertz CT molecular complexity index is 1050. The first kappa shape index (κ1) is 23.3. The molecule has 0 spiro atoms. The summed E-state index contributed by atoms with van der Waals surface area (Å²) in [5, 5.41) is 7.19. The standard InChI is InChI=1S/C23H21BrCl2N2O3/c1-14-3-5-18(6-4-14)28-22(29)13-31-23-20(24)7-15(8-21(23)30-2)12-27-19-10-16(25)9-17(26)11-19/h3-11,27H,12-13H2,1-2H3,(H,28,29). The lowest BCUT2D eigenvalue weighted by molar-refractivity contribution is -0.118. The first-order valence-corrected chi connectivity index (χ1v) is 10.9. The van der Waals surface area contributed by atoms with Gasteiger partial charge in [0.1, 0.15) is 0 Å². The average molecular weight is 524 g/mol. The summed E-state index contributed by atoms with van der Waals surface area (Å²) in [7, 11) is 1.55. The van der Waals surface area contributed by atoms with Gasteiger partial charge in [-0.3, -0.25) is 4.79 Å². The van der Waals surface area contributed by atoms with Crippen LogP contribution in [0.2, 0.25) is 10.0 Å². The molecule has 5 nitrogen and oxygen atoms in total. The molecular formula is C23H21BrCl2N2O3. The average Bonchev–Trinajstić information content (AvgIpc) is 2.72. The molecule has 2 N–H and O–H groups in total. The van der Waals surface area contributed by atoms with Gasteiger partial charge in [0, 0.05) is 28.0 Å². The van der Waals surface area contributed by atoms with E-state index in [9.17, 15) is 4.79 Å². The number of ether oxygens (including phenoxy) is 2. The van der Waals surface area contributed by atoms with E-state index in [-0.39, 0.29) is 12.5 Å². The van der Waals surface area contributed by atoms with Crippen LogP contribution in [0.1, 0.15) is 11.1 Å². The molecule has 3 aromatic rings. The summed E-state index contributed by atoms with van der Waals surface area (Å²) in [5.74, 6) is 0.705. The lowest BCUT2D eigenvalue weighted by Crippen LogP contribution is -2.20. The minimum absolute atomic E-state index is 0.151. The van der Waals surface area contributed by atoms with Crippen molar-refractivity contribution in [3.8, 4) is 11.5 Å². The molecule has 0 aliphatic carbocycles. The summed E-state index contributed by atoms with van der Waals surface area (Å²) in [5.41, 5.74) is 3.58. The molecule has 1 amide bonds. The Morgan fingerprint density at radius 1 is 1.00 bits per heavy atom. The van der Waals surface area contributed by atoms with E-state index >= 15 is 0 Å². The number of rotatable bonds is 8. The molecule has 0 saturated heterocycles. The van der Waals surface area contributed by atoms with Gasteiger partial charge in [-0.25, -0.2) is 0 Å². The fourth-order valence-corrected chi connectivity index (χ4v) is 3.98. The molecule has 0 aliphatic heterocycles. The van der Waals surface area contributed by atoms with Gasteiger partial charge in [-0.15, -0.1) is 0 Å². The third-order valence-corrected chi connectivity index (χ3v) is 5.36. The van der Waals surface area contributed by atoms with Crippen LogP contribution in [0.4, 0.5) is 11.4 Å². The number of benzene rings is 3. The van der Waals surface area contributed by atoms with Crippen LogP contribution in [0, 0.1) is 6.92 Å². The zero-order chi connectivity index (χ0) is 22.4. The Morgan fingerprint density at radius 2 is 1.68 bits per heavy atom. The van der Waals surface area contributed by atoms with Gasteiger partial charge >= 0.3 is 0 Å². The molecule has 0 fully saturated rings. The van der Waals surface area contributed by atoms with Crippen LogP contribution in [0.25, 0.3) is 0 Å². The van der Waals surface area contributed by atoms with Crippen molar-refractivity contribution in [2.24, 2.45) is 0 Å². The van der Waals surface area contributed by atoms with Crippen molar-refractivity contribution < 1.29 is 14.3 Å². The second kappa shape index (κ2) is 10.8. The van der Waals surface area contributed by atoms with E-state index in [2.05, 4.69) is 26.6 Å². The highest BCUT2D eigenvalue weighted by Crippen LogP contribution is 2.37. The molecule has 0 unspecified atom stereocenters. The maximum absolute atomic E-state index is 12.2. The van der Waals surface area contributed by atoms with Gasteiger partial charge in [0.25, 0.3) is 5.91 Å². The molecule has 0 bridgehead atoms. The fourth-order valence-electron chi connectivity index (χ4n) is 2.85. The van der Waals surface area contributed by atoms with Crippen molar-refractivity contribution in [3.05, 3.63) is 80.2 Å². The summed E-state index contributed by atoms with van der Waals surface area (Å²) in [4.78, 5) is 12.2. The smallest absolute Gasteiger partial charge is 0.262 e. The summed E-state index contributed by atoms with van der Waals surface area (Å²) in [6, 6.07) is 16.6. The second-order valence-corrected chi connectivity index (χ2v) is 8.55. The number of aryl methyl sites for hydroxylation is 1. The third-order valence-electron chi connectivity index (χ3n) is 4.33. The lowest BCUT2D eigenvalue weighted by Gasteiger charge is -2.15. The van der Waals surface area contributed by atoms with Crippen molar-refractivity contribution in [2.75, 3.05) is 24.4 Å². The molecule has 0 aromatic heterocycles. The van der Waals surface area contributed by atoms with E-state index in [0.717, 1.165) is 16.8 Å². The van der Waals surface area contributed by atoms with Crippen LogP contribution in [0.15, 0.2) is 59.1 Å². The molecule has 0 radical (unpaired) electrons. The van der Waals surface area contributed by atoms with Gasteiger partial charge in [-0.05, 0) is 70.9 Å². The van der Waals surface area contributed by atoms with E-state index in [0.29, 0.717) is 38.2 Å². The highest BCUT2D eigenvalue weighted by atomic mass is 79.9. The van der Waals surface area contributed by atoms with Crippen molar-refractivity contribution in [2.45, 2.75) is 13.5 Å². The summed E-state index contributed by atoms with van der Waals surface area (Å²) >= 11 is 15.6. The predicted molar refractivity (Wildman–Crippen MR) is 130 cm³/mol. The fraction of sp³-hybridized carbons (Fsp3) is 0.174. The van der Waals surface area contributed by atoms with E-state index < -0.39 is 0 Å². The third kappa shape index (κ3) is 6.79. The van der Waals surface area contributed by atoms with Gasteiger partial charge in [0.2, 0.25) is 0 Å². The lowest BCUT2D eigenvalue weighted by atomic mass is 10.2. The summed E-state index contributed by atoms with van der Waals surface area (Å²) in [6.07, 6.45) is 0. The topological polar surface area (TPSA) is 59.6 Å². The maximum atomic E-state index is 12.2. The summed E-state index contributed by atoms with van der Waals surface area (Å²) < 4.78 is 11.9. The highest BCUT2D eigenvalue weighted by molar-refractivity contribution is 9.10. The van der Waals surface area contributed by atoms with Crippen molar-refractivity contribution >= 4 is 56.4 Å². The number of nitrogens with one attached hydrogen (secondary N) is 2. The molecular weight excluding hydrogens is 503 g/mol. The highest BCUT2D eigenvalue weighted by Gasteiger charge is 2.14. The van der Waals surface area contributed by atoms with Gasteiger partial charge in [-0.1, -0.05) is 40.9 Å². The number of halogens is 3. The van der Waals surface area contributed by atoms with E-state index in [4.69, 9.17) is 32.7 Å². The van der Waals surface area contributed by atoms with Crippen LogP contribution >= 0.6 is 39.1 Å². The molecule has 0 atom stereocenters. The van der Waals surface area contributed by atoms with E-state index in [1.165, 1.54) is 0 Å². The van der Waals surface area contributed by atoms with E-state index in [1.54, 1.807) is 25.3 Å². The van der Waals surface area contributed by atoms with E-state index in [1.807, 2.05) is 43.3 Å². The number of hydrogen-bond donors (Lipinski definition) is 2. The molecule has 0 heterocycles. The predicted octanol–water partition coefficient (Wildman–Crippen LogP) is 6.70. The number of anilines is 2. The second-order valence-electron chi connectivity index (χ2n) is 6.82. The number of methoxy groups -OCH3 is 1. The summed E-state index contributed by atoms with van der Waals surface area (Å²) in [6.45, 7) is 2.35. The van der Waals surface area contributed by atoms with Crippen LogP contribution in [-0.4, -0.2) is 19.6 Å². The molecule has 3 aromatic carbocycles. The molecule has 31 heavy (non-hydrogen) atoms. The molecule has 0 saturated carbocycles. The SMILES string of the molecule is COc1cc(CNc2cc(Cl)cc(Cl)c2)cc(Br)c1OCC(=O)Nc1ccc(C)cc1. The normalized spacial score (nSPS) is 10.5. The first-order valence-electron chi connectivity index (χ1n) is 9.40. The van der Waals surface area contributed by atoms with Crippen molar-refractivity contribution in [3.63, 3.8) is 0 Å². The van der Waals surface area contributed by atoms with Gasteiger partial charge in [0.15, 0.2) is 18.1 Å². The Kier molecular flexibility index (Phi) is 8.07. The first-order chi connectivity index (χ1) is 14.8. The Morgan fingerprint density at radius 3 is 2.32 bits per heavy atom. The van der Waals surface area contributed by atoms with Crippen LogP contribution in [-0.2, 0) is 11.3 Å². The number of carbonyl (C=O) groups excluding carboxylic acids is 1. The van der Waals surface area contributed by atoms with Crippen LogP contribution in [0.3, 0.4) is 0 Å². The molecule has 162 valence electrons. The minimum Gasteiger partial charge on any atom is -0.493 e. The largest absolute Gasteiger partial charge is 0.493 e. The Hall–Kier alpha value is -2.41. The van der Waals surface area contributed by atoms with Gasteiger partial charge < -0.3 is 20.1 Å². The molecule has 8 heteroatoms. The molecule has 3 rings (SSSR count). The van der Waals surface area contributed by atoms with Crippen LogP contribution in [0.5, 0.6) is 11.5 Å². The number of amides is 1. The maximum Gasteiger partial charge on any atom is 0.262 e.